The molecule has 2 amide bonds. The van der Waals surface area contributed by atoms with E-state index in [9.17, 15) is 32.9 Å². The van der Waals surface area contributed by atoms with Gasteiger partial charge in [-0.15, -0.1) is 0 Å². The van der Waals surface area contributed by atoms with Gasteiger partial charge in [0.15, 0.2) is 0 Å². The number of nitrogens with zero attached hydrogens (tertiary/aromatic N) is 2. The molecule has 8 nitrogen and oxygen atoms in total. The Morgan fingerprint density at radius 2 is 1.77 bits per heavy atom. The number of hydrogen-bond acceptors (Lipinski definition) is 6. The molecule has 0 atom stereocenters. The molecule has 0 aliphatic carbocycles. The number of methoxy groups -OCH3 is 1. The quantitative estimate of drug-likeness (QED) is 0.406. The van der Waals surface area contributed by atoms with E-state index in [1.165, 1.54) is 43.5 Å². The van der Waals surface area contributed by atoms with Crippen LogP contribution in [0.25, 0.3) is 5.57 Å². The molecule has 1 heterocycles. The van der Waals surface area contributed by atoms with Crippen LogP contribution in [0.3, 0.4) is 0 Å². The maximum Gasteiger partial charge on any atom is 0.416 e. The molecule has 2 aromatic rings. The normalized spacial score (nSPS) is 14.4. The van der Waals surface area contributed by atoms with Crippen LogP contribution in [0, 0.1) is 10.1 Å². The van der Waals surface area contributed by atoms with E-state index >= 15 is 0 Å². The minimum absolute atomic E-state index is 0.0426. The molecule has 1 aliphatic rings. The van der Waals surface area contributed by atoms with Crippen LogP contribution < -0.4 is 5.32 Å². The monoisotopic (exact) mass is 435 g/mol. The fourth-order valence-corrected chi connectivity index (χ4v) is 3.01. The predicted octanol–water partition coefficient (Wildman–Crippen LogP) is 3.45. The highest BCUT2D eigenvalue weighted by Gasteiger charge is 2.39. The summed E-state index contributed by atoms with van der Waals surface area (Å²) in [5.41, 5.74) is -1.31. The Morgan fingerprint density at radius 1 is 1.10 bits per heavy atom. The lowest BCUT2D eigenvalue weighted by atomic mass is 10.0. The number of carbonyl (C=O) groups is 2. The van der Waals surface area contributed by atoms with Gasteiger partial charge in [0.1, 0.15) is 5.70 Å². The van der Waals surface area contributed by atoms with E-state index in [0.717, 1.165) is 17.0 Å². The van der Waals surface area contributed by atoms with Crippen molar-refractivity contribution >= 4 is 28.8 Å². The number of benzene rings is 2. The van der Waals surface area contributed by atoms with Crippen molar-refractivity contribution in [3.05, 3.63) is 75.5 Å². The van der Waals surface area contributed by atoms with Crippen molar-refractivity contribution in [2.45, 2.75) is 6.18 Å². The van der Waals surface area contributed by atoms with Crippen molar-refractivity contribution in [2.24, 2.45) is 0 Å². The van der Waals surface area contributed by atoms with E-state index in [0.29, 0.717) is 0 Å². The standard InChI is InChI=1S/C20H16F3N3O5/c1-31-10-9-25-18(27)16(12-5-7-15(8-6-12)26(29)30)17(19(25)28)24-14-4-2-3-13(11-14)20(21,22)23/h2-8,11,24H,9-10H2,1H3. The number of hydrogen-bond donors (Lipinski definition) is 1. The van der Waals surface area contributed by atoms with Gasteiger partial charge in [-0.3, -0.25) is 24.6 Å². The molecule has 0 radical (unpaired) electrons. The van der Waals surface area contributed by atoms with Crippen LogP contribution in [-0.2, 0) is 20.5 Å². The molecular formula is C20H16F3N3O5. The Morgan fingerprint density at radius 3 is 2.35 bits per heavy atom. The van der Waals surface area contributed by atoms with Crippen molar-refractivity contribution in [1.82, 2.24) is 4.90 Å². The minimum atomic E-state index is -4.59. The zero-order valence-electron chi connectivity index (χ0n) is 16.1. The van der Waals surface area contributed by atoms with E-state index in [1.807, 2.05) is 0 Å². The Balaban J connectivity index is 2.05. The van der Waals surface area contributed by atoms with E-state index in [1.54, 1.807) is 0 Å². The molecule has 0 fully saturated rings. The average Bonchev–Trinajstić information content (AvgIpc) is 2.95. The lowest BCUT2D eigenvalue weighted by Gasteiger charge is -2.15. The highest BCUT2D eigenvalue weighted by molar-refractivity contribution is 6.36. The molecule has 2 aromatic carbocycles. The summed E-state index contributed by atoms with van der Waals surface area (Å²) in [7, 11) is 1.39. The minimum Gasteiger partial charge on any atom is -0.383 e. The molecule has 3 rings (SSSR count). The maximum atomic E-state index is 13.0. The number of nitro groups is 1. The number of amides is 2. The summed E-state index contributed by atoms with van der Waals surface area (Å²) in [5.74, 6) is -1.43. The first-order valence-electron chi connectivity index (χ1n) is 8.92. The number of nitrogens with one attached hydrogen (secondary N) is 1. The van der Waals surface area contributed by atoms with Gasteiger partial charge in [0, 0.05) is 24.9 Å². The third kappa shape index (κ3) is 4.56. The molecule has 0 saturated heterocycles. The molecule has 162 valence electrons. The number of rotatable bonds is 7. The zero-order valence-corrected chi connectivity index (χ0v) is 16.1. The third-order valence-corrected chi connectivity index (χ3v) is 4.51. The van der Waals surface area contributed by atoms with Crippen LogP contribution in [0.15, 0.2) is 54.2 Å². The average molecular weight is 435 g/mol. The maximum absolute atomic E-state index is 13.0. The Bertz CT molecular complexity index is 1060. The highest BCUT2D eigenvalue weighted by Crippen LogP contribution is 2.34. The van der Waals surface area contributed by atoms with Crippen LogP contribution >= 0.6 is 0 Å². The van der Waals surface area contributed by atoms with Gasteiger partial charge in [0.25, 0.3) is 17.5 Å². The van der Waals surface area contributed by atoms with E-state index in [4.69, 9.17) is 4.74 Å². The second kappa shape index (κ2) is 8.56. The van der Waals surface area contributed by atoms with Gasteiger partial charge in [0.2, 0.25) is 0 Å². The summed E-state index contributed by atoms with van der Waals surface area (Å²) in [6.07, 6.45) is -4.59. The molecule has 1 aliphatic heterocycles. The van der Waals surface area contributed by atoms with Crippen molar-refractivity contribution in [2.75, 3.05) is 25.6 Å². The summed E-state index contributed by atoms with van der Waals surface area (Å²) in [4.78, 5) is 36.9. The highest BCUT2D eigenvalue weighted by atomic mass is 19.4. The molecule has 31 heavy (non-hydrogen) atoms. The summed E-state index contributed by atoms with van der Waals surface area (Å²) >= 11 is 0. The van der Waals surface area contributed by atoms with Gasteiger partial charge >= 0.3 is 6.18 Å². The number of anilines is 1. The van der Waals surface area contributed by atoms with Gasteiger partial charge in [-0.25, -0.2) is 0 Å². The fraction of sp³-hybridized carbons (Fsp3) is 0.200. The summed E-state index contributed by atoms with van der Waals surface area (Å²) in [6, 6.07) is 9.12. The topological polar surface area (TPSA) is 102 Å². The second-order valence-corrected chi connectivity index (χ2v) is 6.51. The van der Waals surface area contributed by atoms with Crippen molar-refractivity contribution < 1.29 is 32.4 Å². The summed E-state index contributed by atoms with van der Waals surface area (Å²) < 4.78 is 44.0. The number of ether oxygens (including phenoxy) is 1. The molecular weight excluding hydrogens is 419 g/mol. The van der Waals surface area contributed by atoms with Crippen LogP contribution in [0.2, 0.25) is 0 Å². The molecule has 1 N–H and O–H groups in total. The lowest BCUT2D eigenvalue weighted by molar-refractivity contribution is -0.384. The third-order valence-electron chi connectivity index (χ3n) is 4.51. The van der Waals surface area contributed by atoms with Crippen LogP contribution in [-0.4, -0.2) is 41.9 Å². The van der Waals surface area contributed by atoms with Crippen LogP contribution in [0.5, 0.6) is 0 Å². The number of alkyl halides is 3. The zero-order chi connectivity index (χ0) is 22.8. The molecule has 0 saturated carbocycles. The number of nitro benzene ring substituents is 1. The Labute approximate surface area is 174 Å². The Hall–Kier alpha value is -3.73. The van der Waals surface area contributed by atoms with Crippen molar-refractivity contribution in [3.8, 4) is 0 Å². The van der Waals surface area contributed by atoms with E-state index in [2.05, 4.69) is 5.32 Å². The second-order valence-electron chi connectivity index (χ2n) is 6.51. The van der Waals surface area contributed by atoms with Crippen molar-refractivity contribution in [3.63, 3.8) is 0 Å². The fourth-order valence-electron chi connectivity index (χ4n) is 3.01. The first-order valence-corrected chi connectivity index (χ1v) is 8.92. The number of non-ortho nitro benzene ring substituents is 1. The molecule has 11 heteroatoms. The lowest BCUT2D eigenvalue weighted by Crippen LogP contribution is -2.35. The van der Waals surface area contributed by atoms with Crippen molar-refractivity contribution in [1.29, 1.82) is 0 Å². The van der Waals surface area contributed by atoms with Gasteiger partial charge < -0.3 is 10.1 Å². The number of imide groups is 1. The van der Waals surface area contributed by atoms with Gasteiger partial charge in [0.05, 0.1) is 29.2 Å². The van der Waals surface area contributed by atoms with Gasteiger partial charge in [-0.1, -0.05) is 6.07 Å². The first-order chi connectivity index (χ1) is 14.6. The predicted molar refractivity (Wildman–Crippen MR) is 104 cm³/mol. The molecule has 0 aromatic heterocycles. The van der Waals surface area contributed by atoms with Gasteiger partial charge in [-0.05, 0) is 35.9 Å². The van der Waals surface area contributed by atoms with Gasteiger partial charge in [-0.2, -0.15) is 13.2 Å². The smallest absolute Gasteiger partial charge is 0.383 e. The SMILES string of the molecule is COCCN1C(=O)C(Nc2cccc(C(F)(F)F)c2)=C(c2ccc([N+](=O)[O-])cc2)C1=O. The van der Waals surface area contributed by atoms with E-state index in [-0.39, 0.29) is 41.4 Å². The van der Waals surface area contributed by atoms with Crippen LogP contribution in [0.4, 0.5) is 24.5 Å². The van der Waals surface area contributed by atoms with Crippen LogP contribution in [0.1, 0.15) is 11.1 Å². The first kappa shape index (κ1) is 22.0. The summed E-state index contributed by atoms with van der Waals surface area (Å²) in [6.45, 7) is -0.0136. The number of halogens is 3. The molecule has 0 spiro atoms. The largest absolute Gasteiger partial charge is 0.416 e. The summed E-state index contributed by atoms with van der Waals surface area (Å²) in [5, 5.41) is 13.5. The van der Waals surface area contributed by atoms with E-state index < -0.39 is 28.5 Å². The molecule has 0 bridgehead atoms. The Kier molecular flexibility index (Phi) is 6.07. The molecule has 0 unspecified atom stereocenters. The number of carbonyl (C=O) groups excluding carboxylic acids is 2.